The van der Waals surface area contributed by atoms with Gasteiger partial charge in [-0.05, 0) is 54.7 Å². The first-order valence-electron chi connectivity index (χ1n) is 10.5. The minimum Gasteiger partial charge on any atom is -0.494 e. The fourth-order valence-electron chi connectivity index (χ4n) is 4.58. The quantitative estimate of drug-likeness (QED) is 0.760. The molecule has 0 radical (unpaired) electrons. The first kappa shape index (κ1) is 21.0. The molecule has 2 atom stereocenters. The van der Waals surface area contributed by atoms with E-state index >= 15 is 0 Å². The Labute approximate surface area is 182 Å². The standard InChI is InChI=1S/C25H27NO5/c1-4-31-18-7-5-6-16(10-18)19-14-24(28)26-20-11-17(12-21(27)25(19)20)15-8-9-22(29-2)23(13-15)30-3/h5-10,13,17,19H,4,11-12,14H2,1-3H3,(H,26,28)/t17-,19-/m0/s1. The summed E-state index contributed by atoms with van der Waals surface area (Å²) in [5.74, 6) is 1.76. The first-order chi connectivity index (χ1) is 15.0. The van der Waals surface area contributed by atoms with Gasteiger partial charge in [-0.1, -0.05) is 18.2 Å². The molecular weight excluding hydrogens is 394 g/mol. The molecular formula is C25H27NO5. The van der Waals surface area contributed by atoms with Crippen LogP contribution in [0.25, 0.3) is 0 Å². The SMILES string of the molecule is CCOc1cccc([C@@H]2CC(=O)NC3=C2C(=O)C[C@@H](c2ccc(OC)c(OC)c2)C3)c1. The van der Waals surface area contributed by atoms with Crippen LogP contribution >= 0.6 is 0 Å². The highest BCUT2D eigenvalue weighted by molar-refractivity contribution is 6.02. The van der Waals surface area contributed by atoms with E-state index in [1.165, 1.54) is 0 Å². The van der Waals surface area contributed by atoms with Crippen LogP contribution in [0.1, 0.15) is 49.1 Å². The van der Waals surface area contributed by atoms with Crippen LogP contribution in [0.15, 0.2) is 53.7 Å². The molecule has 6 heteroatoms. The van der Waals surface area contributed by atoms with Crippen molar-refractivity contribution in [3.8, 4) is 17.2 Å². The average Bonchev–Trinajstić information content (AvgIpc) is 2.78. The van der Waals surface area contributed by atoms with Gasteiger partial charge < -0.3 is 19.5 Å². The van der Waals surface area contributed by atoms with Gasteiger partial charge in [0.05, 0.1) is 20.8 Å². The third-order valence-corrected chi connectivity index (χ3v) is 5.99. The highest BCUT2D eigenvalue weighted by Gasteiger charge is 2.38. The van der Waals surface area contributed by atoms with E-state index in [4.69, 9.17) is 14.2 Å². The number of ketones is 1. The number of allylic oxidation sites excluding steroid dienone is 2. The Kier molecular flexibility index (Phi) is 5.98. The molecule has 0 aromatic heterocycles. The number of amides is 1. The van der Waals surface area contributed by atoms with Crippen molar-refractivity contribution < 1.29 is 23.8 Å². The van der Waals surface area contributed by atoms with Gasteiger partial charge in [-0.2, -0.15) is 0 Å². The summed E-state index contributed by atoms with van der Waals surface area (Å²) in [5.41, 5.74) is 3.39. The number of carbonyl (C=O) groups is 2. The third kappa shape index (κ3) is 4.15. The van der Waals surface area contributed by atoms with E-state index in [1.54, 1.807) is 14.2 Å². The van der Waals surface area contributed by atoms with E-state index in [0.717, 1.165) is 28.1 Å². The molecule has 0 fully saturated rings. The Hall–Kier alpha value is -3.28. The van der Waals surface area contributed by atoms with Gasteiger partial charge in [0.1, 0.15) is 5.75 Å². The predicted molar refractivity (Wildman–Crippen MR) is 117 cm³/mol. The van der Waals surface area contributed by atoms with Crippen molar-refractivity contribution >= 4 is 11.7 Å². The van der Waals surface area contributed by atoms with Crippen LogP contribution in [0.2, 0.25) is 0 Å². The largest absolute Gasteiger partial charge is 0.494 e. The first-order valence-corrected chi connectivity index (χ1v) is 10.5. The number of ether oxygens (including phenoxy) is 3. The molecule has 1 heterocycles. The van der Waals surface area contributed by atoms with E-state index in [9.17, 15) is 9.59 Å². The molecule has 0 bridgehead atoms. The van der Waals surface area contributed by atoms with Crippen LogP contribution < -0.4 is 19.5 Å². The van der Waals surface area contributed by atoms with Crippen molar-refractivity contribution in [2.24, 2.45) is 0 Å². The Bertz CT molecular complexity index is 1040. The maximum atomic E-state index is 13.3. The molecule has 1 aliphatic carbocycles. The number of hydrogen-bond acceptors (Lipinski definition) is 5. The van der Waals surface area contributed by atoms with Crippen LogP contribution in [0.3, 0.4) is 0 Å². The molecule has 6 nitrogen and oxygen atoms in total. The number of hydrogen-bond donors (Lipinski definition) is 1. The molecule has 162 valence electrons. The molecule has 0 spiro atoms. The van der Waals surface area contributed by atoms with Crippen molar-refractivity contribution in [1.82, 2.24) is 5.32 Å². The number of carbonyl (C=O) groups excluding carboxylic acids is 2. The third-order valence-electron chi connectivity index (χ3n) is 5.99. The Morgan fingerprint density at radius 2 is 1.74 bits per heavy atom. The van der Waals surface area contributed by atoms with Gasteiger partial charge in [0.15, 0.2) is 17.3 Å². The van der Waals surface area contributed by atoms with Crippen molar-refractivity contribution in [3.63, 3.8) is 0 Å². The second-order valence-electron chi connectivity index (χ2n) is 7.85. The molecule has 0 saturated carbocycles. The average molecular weight is 421 g/mol. The van der Waals surface area contributed by atoms with Gasteiger partial charge in [0.2, 0.25) is 5.91 Å². The lowest BCUT2D eigenvalue weighted by molar-refractivity contribution is -0.122. The van der Waals surface area contributed by atoms with Crippen molar-refractivity contribution in [2.45, 2.75) is 38.0 Å². The molecule has 4 rings (SSSR count). The summed E-state index contributed by atoms with van der Waals surface area (Å²) in [5, 5.41) is 2.97. The normalized spacial score (nSPS) is 20.7. The monoisotopic (exact) mass is 421 g/mol. The minimum absolute atomic E-state index is 0.0279. The molecule has 31 heavy (non-hydrogen) atoms. The summed E-state index contributed by atoms with van der Waals surface area (Å²) in [7, 11) is 3.19. The van der Waals surface area contributed by atoms with Crippen LogP contribution in [-0.4, -0.2) is 32.5 Å². The lowest BCUT2D eigenvalue weighted by Gasteiger charge is -2.34. The molecule has 2 aliphatic rings. The van der Waals surface area contributed by atoms with Gasteiger partial charge in [0.25, 0.3) is 0 Å². The number of benzene rings is 2. The lowest BCUT2D eigenvalue weighted by Crippen LogP contribution is -2.38. The van der Waals surface area contributed by atoms with Crippen LogP contribution in [0, 0.1) is 0 Å². The Morgan fingerprint density at radius 3 is 2.48 bits per heavy atom. The molecule has 1 amide bonds. The topological polar surface area (TPSA) is 73.9 Å². The van der Waals surface area contributed by atoms with Gasteiger partial charge in [-0.3, -0.25) is 9.59 Å². The summed E-state index contributed by atoms with van der Waals surface area (Å²) in [6.45, 7) is 2.49. The summed E-state index contributed by atoms with van der Waals surface area (Å²) in [6, 6.07) is 13.4. The summed E-state index contributed by atoms with van der Waals surface area (Å²) < 4.78 is 16.4. The van der Waals surface area contributed by atoms with E-state index in [-0.39, 0.29) is 29.9 Å². The minimum atomic E-state index is -0.247. The van der Waals surface area contributed by atoms with E-state index in [1.807, 2.05) is 49.4 Å². The highest BCUT2D eigenvalue weighted by Crippen LogP contribution is 2.44. The van der Waals surface area contributed by atoms with Crippen LogP contribution in [0.5, 0.6) is 17.2 Å². The maximum absolute atomic E-state index is 13.3. The fraction of sp³-hybridized carbons (Fsp3) is 0.360. The second-order valence-corrected chi connectivity index (χ2v) is 7.85. The zero-order valence-corrected chi connectivity index (χ0v) is 18.1. The zero-order chi connectivity index (χ0) is 22.0. The van der Waals surface area contributed by atoms with Crippen LogP contribution in [-0.2, 0) is 9.59 Å². The number of methoxy groups -OCH3 is 2. The molecule has 1 N–H and O–H groups in total. The highest BCUT2D eigenvalue weighted by atomic mass is 16.5. The lowest BCUT2D eigenvalue weighted by atomic mass is 9.73. The van der Waals surface area contributed by atoms with E-state index in [2.05, 4.69) is 5.32 Å². The van der Waals surface area contributed by atoms with Crippen molar-refractivity contribution in [3.05, 3.63) is 64.9 Å². The van der Waals surface area contributed by atoms with Crippen molar-refractivity contribution in [2.75, 3.05) is 20.8 Å². The predicted octanol–water partition coefficient (Wildman–Crippen LogP) is 4.11. The molecule has 0 saturated heterocycles. The summed E-state index contributed by atoms with van der Waals surface area (Å²) >= 11 is 0. The summed E-state index contributed by atoms with van der Waals surface area (Å²) in [4.78, 5) is 25.8. The van der Waals surface area contributed by atoms with E-state index in [0.29, 0.717) is 30.9 Å². The number of Topliss-reactive ketones (excluding diaryl/α,β-unsaturated/α-hetero) is 1. The van der Waals surface area contributed by atoms with Crippen molar-refractivity contribution in [1.29, 1.82) is 0 Å². The molecule has 1 aliphatic heterocycles. The van der Waals surface area contributed by atoms with Gasteiger partial charge >= 0.3 is 0 Å². The second kappa shape index (κ2) is 8.84. The number of rotatable bonds is 6. The Balaban J connectivity index is 1.67. The van der Waals surface area contributed by atoms with E-state index < -0.39 is 0 Å². The maximum Gasteiger partial charge on any atom is 0.225 e. The Morgan fingerprint density at radius 1 is 0.935 bits per heavy atom. The van der Waals surface area contributed by atoms with Crippen LogP contribution in [0.4, 0.5) is 0 Å². The molecule has 2 aromatic rings. The molecule has 0 unspecified atom stereocenters. The smallest absolute Gasteiger partial charge is 0.225 e. The molecule has 2 aromatic carbocycles. The zero-order valence-electron chi connectivity index (χ0n) is 18.1. The van der Waals surface area contributed by atoms with Gasteiger partial charge in [-0.15, -0.1) is 0 Å². The summed E-state index contributed by atoms with van der Waals surface area (Å²) in [6.07, 6.45) is 1.26. The number of nitrogens with one attached hydrogen (secondary N) is 1. The fourth-order valence-corrected chi connectivity index (χ4v) is 4.58. The van der Waals surface area contributed by atoms with Gasteiger partial charge in [0, 0.05) is 30.0 Å². The van der Waals surface area contributed by atoms with Gasteiger partial charge in [-0.25, -0.2) is 0 Å².